The average molecular weight is 289 g/mol. The minimum Gasteiger partial charge on any atom is -0.338 e. The Morgan fingerprint density at radius 1 is 1.38 bits per heavy atom. The molecule has 0 aromatic heterocycles. The van der Waals surface area contributed by atoms with Crippen LogP contribution in [0.25, 0.3) is 0 Å². The van der Waals surface area contributed by atoms with Gasteiger partial charge in [-0.3, -0.25) is 4.79 Å². The van der Waals surface area contributed by atoms with E-state index in [1.165, 1.54) is 6.92 Å². The zero-order chi connectivity index (χ0) is 15.2. The second-order valence-electron chi connectivity index (χ2n) is 5.52. The standard InChI is InChI=1S/C16H23N3O2/c1-3-19-8-7-13(11-19)10-17-16(21)18-15-6-4-5-14(9-15)12(2)20/h4-6,9,13H,3,7-8,10-11H2,1-2H3,(H2,17,18,21). The molecule has 1 heterocycles. The van der Waals surface area contributed by atoms with Gasteiger partial charge in [0.15, 0.2) is 5.78 Å². The third-order valence-electron chi connectivity index (χ3n) is 3.90. The Morgan fingerprint density at radius 2 is 2.19 bits per heavy atom. The van der Waals surface area contributed by atoms with E-state index < -0.39 is 0 Å². The van der Waals surface area contributed by atoms with Crippen LogP contribution in [0.3, 0.4) is 0 Å². The molecule has 1 saturated heterocycles. The molecule has 0 spiro atoms. The van der Waals surface area contributed by atoms with Gasteiger partial charge in [-0.15, -0.1) is 0 Å². The Labute approximate surface area is 125 Å². The summed E-state index contributed by atoms with van der Waals surface area (Å²) in [6, 6.07) is 6.76. The highest BCUT2D eigenvalue weighted by atomic mass is 16.2. The summed E-state index contributed by atoms with van der Waals surface area (Å²) in [5.41, 5.74) is 1.24. The summed E-state index contributed by atoms with van der Waals surface area (Å²) in [5.74, 6) is 0.518. The molecule has 1 aromatic rings. The lowest BCUT2D eigenvalue weighted by atomic mass is 10.1. The molecule has 2 N–H and O–H groups in total. The molecule has 1 fully saturated rings. The quantitative estimate of drug-likeness (QED) is 0.818. The number of rotatable bonds is 5. The summed E-state index contributed by atoms with van der Waals surface area (Å²) in [7, 11) is 0. The van der Waals surface area contributed by atoms with E-state index in [2.05, 4.69) is 22.5 Å². The van der Waals surface area contributed by atoms with Gasteiger partial charge in [-0.2, -0.15) is 0 Å². The molecule has 1 atom stereocenters. The number of Topliss-reactive ketones (excluding diaryl/α,β-unsaturated/α-hetero) is 1. The number of likely N-dealkylation sites (tertiary alicyclic amines) is 1. The number of urea groups is 1. The van der Waals surface area contributed by atoms with Gasteiger partial charge in [0.2, 0.25) is 0 Å². The van der Waals surface area contributed by atoms with Gasteiger partial charge >= 0.3 is 6.03 Å². The van der Waals surface area contributed by atoms with Crippen molar-refractivity contribution in [2.24, 2.45) is 5.92 Å². The molecule has 2 rings (SSSR count). The number of nitrogens with zero attached hydrogens (tertiary/aromatic N) is 1. The minimum atomic E-state index is -0.217. The molecule has 0 radical (unpaired) electrons. The smallest absolute Gasteiger partial charge is 0.319 e. The maximum atomic E-state index is 11.9. The lowest BCUT2D eigenvalue weighted by molar-refractivity contribution is 0.101. The number of benzene rings is 1. The van der Waals surface area contributed by atoms with Gasteiger partial charge in [-0.25, -0.2) is 4.79 Å². The topological polar surface area (TPSA) is 61.4 Å². The van der Waals surface area contributed by atoms with Gasteiger partial charge in [0.05, 0.1) is 0 Å². The Balaban J connectivity index is 1.79. The zero-order valence-corrected chi connectivity index (χ0v) is 12.7. The normalized spacial score (nSPS) is 18.5. The Kier molecular flexibility index (Phi) is 5.33. The number of hydrogen-bond donors (Lipinski definition) is 2. The molecule has 1 aliphatic heterocycles. The van der Waals surface area contributed by atoms with E-state index in [0.717, 1.165) is 26.1 Å². The van der Waals surface area contributed by atoms with Crippen LogP contribution in [0.2, 0.25) is 0 Å². The van der Waals surface area contributed by atoms with Crippen LogP contribution in [0, 0.1) is 5.92 Å². The van der Waals surface area contributed by atoms with Crippen molar-refractivity contribution >= 4 is 17.5 Å². The molecule has 21 heavy (non-hydrogen) atoms. The first kappa shape index (κ1) is 15.5. The Hall–Kier alpha value is -1.88. The summed E-state index contributed by atoms with van der Waals surface area (Å²) in [6.45, 7) is 7.60. The molecule has 1 unspecified atom stereocenters. The van der Waals surface area contributed by atoms with Crippen molar-refractivity contribution in [2.75, 3.05) is 31.5 Å². The molecule has 2 amide bonds. The predicted molar refractivity (Wildman–Crippen MR) is 83.7 cm³/mol. The number of carbonyl (C=O) groups excluding carboxylic acids is 2. The molecule has 1 aliphatic rings. The highest BCUT2D eigenvalue weighted by Crippen LogP contribution is 2.15. The molecular weight excluding hydrogens is 266 g/mol. The first-order valence-corrected chi connectivity index (χ1v) is 7.46. The summed E-state index contributed by atoms with van der Waals surface area (Å²) < 4.78 is 0. The summed E-state index contributed by atoms with van der Waals surface area (Å²) in [5, 5.41) is 5.68. The number of amides is 2. The number of carbonyl (C=O) groups is 2. The third-order valence-corrected chi connectivity index (χ3v) is 3.90. The van der Waals surface area contributed by atoms with Crippen molar-refractivity contribution in [1.82, 2.24) is 10.2 Å². The molecule has 5 heteroatoms. The fourth-order valence-corrected chi connectivity index (χ4v) is 2.59. The van der Waals surface area contributed by atoms with Crippen LogP contribution in [0.4, 0.5) is 10.5 Å². The Morgan fingerprint density at radius 3 is 2.86 bits per heavy atom. The van der Waals surface area contributed by atoms with Crippen molar-refractivity contribution in [1.29, 1.82) is 0 Å². The van der Waals surface area contributed by atoms with E-state index in [1.54, 1.807) is 24.3 Å². The lowest BCUT2D eigenvalue weighted by Gasteiger charge is -2.14. The van der Waals surface area contributed by atoms with Crippen LogP contribution in [0.5, 0.6) is 0 Å². The molecule has 1 aromatic carbocycles. The minimum absolute atomic E-state index is 0.00956. The van der Waals surface area contributed by atoms with Gasteiger partial charge in [-0.1, -0.05) is 19.1 Å². The van der Waals surface area contributed by atoms with Crippen LogP contribution in [-0.4, -0.2) is 42.9 Å². The first-order chi connectivity index (χ1) is 10.1. The summed E-state index contributed by atoms with van der Waals surface area (Å²) >= 11 is 0. The molecule has 114 valence electrons. The number of ketones is 1. The predicted octanol–water partition coefficient (Wildman–Crippen LogP) is 2.35. The molecule has 0 aliphatic carbocycles. The van der Waals surface area contributed by atoms with Crippen molar-refractivity contribution in [3.8, 4) is 0 Å². The van der Waals surface area contributed by atoms with Crippen molar-refractivity contribution in [3.05, 3.63) is 29.8 Å². The number of hydrogen-bond acceptors (Lipinski definition) is 3. The highest BCUT2D eigenvalue weighted by Gasteiger charge is 2.21. The summed E-state index contributed by atoms with van der Waals surface area (Å²) in [6.07, 6.45) is 1.13. The van der Waals surface area contributed by atoms with E-state index in [1.807, 2.05) is 0 Å². The van der Waals surface area contributed by atoms with E-state index >= 15 is 0 Å². The number of nitrogens with one attached hydrogen (secondary N) is 2. The molecular formula is C16H23N3O2. The van der Waals surface area contributed by atoms with Crippen LogP contribution in [0.1, 0.15) is 30.6 Å². The van der Waals surface area contributed by atoms with Crippen molar-refractivity contribution < 1.29 is 9.59 Å². The molecule has 0 bridgehead atoms. The zero-order valence-electron chi connectivity index (χ0n) is 12.7. The second kappa shape index (κ2) is 7.22. The van der Waals surface area contributed by atoms with Gasteiger partial charge < -0.3 is 15.5 Å². The van der Waals surface area contributed by atoms with Gasteiger partial charge in [0.1, 0.15) is 0 Å². The van der Waals surface area contributed by atoms with E-state index in [4.69, 9.17) is 0 Å². The maximum absolute atomic E-state index is 11.9. The maximum Gasteiger partial charge on any atom is 0.319 e. The molecule has 5 nitrogen and oxygen atoms in total. The average Bonchev–Trinajstić information content (AvgIpc) is 2.93. The van der Waals surface area contributed by atoms with Crippen LogP contribution >= 0.6 is 0 Å². The lowest BCUT2D eigenvalue weighted by Crippen LogP contribution is -2.34. The van der Waals surface area contributed by atoms with Crippen LogP contribution in [-0.2, 0) is 0 Å². The van der Waals surface area contributed by atoms with Crippen molar-refractivity contribution in [2.45, 2.75) is 20.3 Å². The summed E-state index contributed by atoms with van der Waals surface area (Å²) in [4.78, 5) is 25.6. The van der Waals surface area contributed by atoms with Gasteiger partial charge in [0.25, 0.3) is 0 Å². The largest absolute Gasteiger partial charge is 0.338 e. The van der Waals surface area contributed by atoms with Crippen LogP contribution in [0.15, 0.2) is 24.3 Å². The monoisotopic (exact) mass is 289 g/mol. The van der Waals surface area contributed by atoms with Gasteiger partial charge in [-0.05, 0) is 44.5 Å². The number of anilines is 1. The van der Waals surface area contributed by atoms with E-state index in [0.29, 0.717) is 23.7 Å². The van der Waals surface area contributed by atoms with Crippen LogP contribution < -0.4 is 10.6 Å². The molecule has 0 saturated carbocycles. The van der Waals surface area contributed by atoms with E-state index in [9.17, 15) is 9.59 Å². The SMILES string of the molecule is CCN1CCC(CNC(=O)Nc2cccc(C(C)=O)c2)C1. The first-order valence-electron chi connectivity index (χ1n) is 7.46. The second-order valence-corrected chi connectivity index (χ2v) is 5.52. The Bertz CT molecular complexity index is 516. The fourth-order valence-electron chi connectivity index (χ4n) is 2.59. The fraction of sp³-hybridized carbons (Fsp3) is 0.500. The van der Waals surface area contributed by atoms with Gasteiger partial charge in [0, 0.05) is 24.3 Å². The third kappa shape index (κ3) is 4.56. The van der Waals surface area contributed by atoms with Crippen molar-refractivity contribution in [3.63, 3.8) is 0 Å². The highest BCUT2D eigenvalue weighted by molar-refractivity contribution is 5.96. The van der Waals surface area contributed by atoms with E-state index in [-0.39, 0.29) is 11.8 Å².